The van der Waals surface area contributed by atoms with E-state index >= 15 is 0 Å². The Bertz CT molecular complexity index is 584. The first-order valence-corrected chi connectivity index (χ1v) is 9.88. The van der Waals surface area contributed by atoms with E-state index in [1.165, 1.54) is 64.2 Å². The summed E-state index contributed by atoms with van der Waals surface area (Å²) in [6.45, 7) is 6.84. The average molecular weight is 358 g/mol. The highest BCUT2D eigenvalue weighted by Gasteiger charge is 2.21. The number of nitrogens with zero attached hydrogens (tertiary/aromatic N) is 3. The van der Waals surface area contributed by atoms with Crippen molar-refractivity contribution in [2.24, 2.45) is 5.92 Å². The van der Waals surface area contributed by atoms with Gasteiger partial charge in [-0.25, -0.2) is 14.8 Å². The fraction of sp³-hybridized carbons (Fsp3) is 0.650. The molecular weight excluding hydrogens is 328 g/mol. The Kier molecular flexibility index (Phi) is 7.00. The van der Waals surface area contributed by atoms with Crippen molar-refractivity contribution in [3.8, 4) is 5.88 Å². The minimum Gasteiger partial charge on any atom is -0.403 e. The summed E-state index contributed by atoms with van der Waals surface area (Å²) in [6.07, 6.45) is 15.0. The first kappa shape index (κ1) is 18.8. The Labute approximate surface area is 156 Å². The van der Waals surface area contributed by atoms with Gasteiger partial charge >= 0.3 is 5.97 Å². The van der Waals surface area contributed by atoms with Crippen molar-refractivity contribution in [2.75, 3.05) is 25.0 Å². The van der Waals surface area contributed by atoms with Crippen LogP contribution >= 0.6 is 0 Å². The molecule has 0 aromatic carbocycles. The second kappa shape index (κ2) is 9.67. The van der Waals surface area contributed by atoms with Crippen LogP contribution in [0.2, 0.25) is 0 Å². The number of hydrogen-bond acceptors (Lipinski definition) is 6. The van der Waals surface area contributed by atoms with Crippen molar-refractivity contribution in [3.05, 3.63) is 25.0 Å². The molecule has 26 heavy (non-hydrogen) atoms. The number of piperidine rings is 1. The summed E-state index contributed by atoms with van der Waals surface area (Å²) < 4.78 is 4.95. The molecule has 1 aromatic rings. The van der Waals surface area contributed by atoms with E-state index in [4.69, 9.17) is 4.74 Å². The summed E-state index contributed by atoms with van der Waals surface area (Å²) in [7, 11) is 0. The number of nitrogens with one attached hydrogen (secondary N) is 1. The first-order chi connectivity index (χ1) is 12.7. The van der Waals surface area contributed by atoms with Crippen LogP contribution in [-0.2, 0) is 4.79 Å². The standard InChI is InChI=1S/C20H30N4O2/c1-2-20(25)26-19-14-21-18(13-22-19)23-17-9-6-11-24(15-17)12-10-16-7-4-3-5-8-16/h2,13-14,16-17H,1,3-12,15H2,(H,21,23)/t17-/m1/s1. The number of ether oxygens (including phenoxy) is 1. The molecule has 1 saturated heterocycles. The molecule has 1 aliphatic heterocycles. The van der Waals surface area contributed by atoms with Crippen LogP contribution in [0.25, 0.3) is 0 Å². The maximum atomic E-state index is 11.2. The minimum atomic E-state index is -0.527. The van der Waals surface area contributed by atoms with Gasteiger partial charge in [-0.2, -0.15) is 0 Å². The normalized spacial score (nSPS) is 21.9. The third kappa shape index (κ3) is 5.80. The second-order valence-corrected chi connectivity index (χ2v) is 7.44. The second-order valence-electron chi connectivity index (χ2n) is 7.44. The molecule has 6 nitrogen and oxygen atoms in total. The van der Waals surface area contributed by atoms with E-state index in [0.717, 1.165) is 30.8 Å². The van der Waals surface area contributed by atoms with Crippen LogP contribution in [0.15, 0.2) is 25.0 Å². The zero-order chi connectivity index (χ0) is 18.2. The van der Waals surface area contributed by atoms with Gasteiger partial charge in [-0.1, -0.05) is 38.7 Å². The minimum absolute atomic E-state index is 0.193. The van der Waals surface area contributed by atoms with Crippen LogP contribution in [0.1, 0.15) is 51.4 Å². The van der Waals surface area contributed by atoms with Gasteiger partial charge in [0, 0.05) is 18.7 Å². The molecule has 1 aromatic heterocycles. The van der Waals surface area contributed by atoms with E-state index in [9.17, 15) is 4.79 Å². The molecule has 2 aliphatic rings. The molecule has 3 rings (SSSR count). The average Bonchev–Trinajstić information content (AvgIpc) is 2.69. The molecule has 1 saturated carbocycles. The van der Waals surface area contributed by atoms with Crippen LogP contribution in [0.5, 0.6) is 5.88 Å². The number of carbonyl (C=O) groups excluding carboxylic acids is 1. The first-order valence-electron chi connectivity index (χ1n) is 9.88. The topological polar surface area (TPSA) is 67.3 Å². The largest absolute Gasteiger partial charge is 0.403 e. The predicted octanol–water partition coefficient (Wildman–Crippen LogP) is 3.41. The molecule has 6 heteroatoms. The van der Waals surface area contributed by atoms with Gasteiger partial charge in [-0.15, -0.1) is 0 Å². The predicted molar refractivity (Wildman–Crippen MR) is 102 cm³/mol. The van der Waals surface area contributed by atoms with Crippen LogP contribution in [0.3, 0.4) is 0 Å². The molecule has 1 aliphatic carbocycles. The fourth-order valence-corrected chi connectivity index (χ4v) is 4.01. The van der Waals surface area contributed by atoms with Gasteiger partial charge in [-0.3, -0.25) is 0 Å². The zero-order valence-electron chi connectivity index (χ0n) is 15.5. The maximum absolute atomic E-state index is 11.2. The van der Waals surface area contributed by atoms with Gasteiger partial charge in [0.1, 0.15) is 5.82 Å². The summed E-state index contributed by atoms with van der Waals surface area (Å²) >= 11 is 0. The van der Waals surface area contributed by atoms with Gasteiger partial charge in [0.15, 0.2) is 0 Å². The highest BCUT2D eigenvalue weighted by Crippen LogP contribution is 2.27. The molecular formula is C20H30N4O2. The van der Waals surface area contributed by atoms with Gasteiger partial charge in [0.2, 0.25) is 5.88 Å². The summed E-state index contributed by atoms with van der Waals surface area (Å²) in [4.78, 5) is 22.2. The van der Waals surface area contributed by atoms with E-state index in [0.29, 0.717) is 6.04 Å². The smallest absolute Gasteiger partial charge is 0.336 e. The number of hydrogen-bond donors (Lipinski definition) is 1. The van der Waals surface area contributed by atoms with Crippen molar-refractivity contribution in [3.63, 3.8) is 0 Å². The lowest BCUT2D eigenvalue weighted by molar-refractivity contribution is -0.129. The zero-order valence-corrected chi connectivity index (χ0v) is 15.5. The lowest BCUT2D eigenvalue weighted by atomic mass is 9.87. The Morgan fingerprint density at radius 3 is 2.81 bits per heavy atom. The van der Waals surface area contributed by atoms with Crippen molar-refractivity contribution in [1.82, 2.24) is 14.9 Å². The Hall–Kier alpha value is -1.95. The fourth-order valence-electron chi connectivity index (χ4n) is 4.01. The molecule has 0 bridgehead atoms. The maximum Gasteiger partial charge on any atom is 0.336 e. The summed E-state index contributed by atoms with van der Waals surface area (Å²) in [5, 5.41) is 3.47. The molecule has 1 N–H and O–H groups in total. The van der Waals surface area contributed by atoms with Crippen LogP contribution in [0, 0.1) is 5.92 Å². The van der Waals surface area contributed by atoms with Gasteiger partial charge in [0.05, 0.1) is 12.4 Å². The molecule has 2 heterocycles. The number of anilines is 1. The third-order valence-electron chi connectivity index (χ3n) is 5.44. The third-order valence-corrected chi connectivity index (χ3v) is 5.44. The summed E-state index contributed by atoms with van der Waals surface area (Å²) in [5.74, 6) is 1.33. The van der Waals surface area contributed by atoms with E-state index in [-0.39, 0.29) is 5.88 Å². The van der Waals surface area contributed by atoms with Crippen LogP contribution in [-0.4, -0.2) is 46.5 Å². The van der Waals surface area contributed by atoms with Crippen molar-refractivity contribution in [1.29, 1.82) is 0 Å². The van der Waals surface area contributed by atoms with Crippen LogP contribution in [0.4, 0.5) is 5.82 Å². The quantitative estimate of drug-likeness (QED) is 0.595. The van der Waals surface area contributed by atoms with Crippen molar-refractivity contribution < 1.29 is 9.53 Å². The van der Waals surface area contributed by atoms with E-state index in [1.807, 2.05) is 0 Å². The van der Waals surface area contributed by atoms with E-state index in [1.54, 1.807) is 6.20 Å². The Morgan fingerprint density at radius 1 is 1.23 bits per heavy atom. The lowest BCUT2D eigenvalue weighted by Gasteiger charge is -2.34. The van der Waals surface area contributed by atoms with Gasteiger partial charge < -0.3 is 15.0 Å². The Balaban J connectivity index is 1.44. The molecule has 2 fully saturated rings. The molecule has 0 unspecified atom stereocenters. The number of aromatic nitrogens is 2. The van der Waals surface area contributed by atoms with Crippen molar-refractivity contribution >= 4 is 11.8 Å². The highest BCUT2D eigenvalue weighted by atomic mass is 16.5. The van der Waals surface area contributed by atoms with Gasteiger partial charge in [-0.05, 0) is 38.3 Å². The number of likely N-dealkylation sites (tertiary alicyclic amines) is 1. The Morgan fingerprint density at radius 2 is 2.08 bits per heavy atom. The highest BCUT2D eigenvalue weighted by molar-refractivity contribution is 5.83. The van der Waals surface area contributed by atoms with Gasteiger partial charge in [0.25, 0.3) is 0 Å². The summed E-state index contributed by atoms with van der Waals surface area (Å²) in [5.41, 5.74) is 0. The monoisotopic (exact) mass is 358 g/mol. The van der Waals surface area contributed by atoms with E-state index < -0.39 is 5.97 Å². The SMILES string of the molecule is C=CC(=O)Oc1cnc(N[C@@H]2CCCN(CCC3CCCCC3)C2)cn1. The number of esters is 1. The lowest BCUT2D eigenvalue weighted by Crippen LogP contribution is -2.43. The molecule has 0 amide bonds. The molecule has 0 spiro atoms. The number of rotatable bonds is 7. The van der Waals surface area contributed by atoms with Crippen LogP contribution < -0.4 is 10.1 Å². The number of carbonyl (C=O) groups is 1. The molecule has 142 valence electrons. The van der Waals surface area contributed by atoms with Crippen molar-refractivity contribution in [2.45, 2.75) is 57.4 Å². The molecule has 1 atom stereocenters. The van der Waals surface area contributed by atoms with E-state index in [2.05, 4.69) is 26.8 Å². The molecule has 0 radical (unpaired) electrons. The summed E-state index contributed by atoms with van der Waals surface area (Å²) in [6, 6.07) is 0.394.